The van der Waals surface area contributed by atoms with Gasteiger partial charge in [0.2, 0.25) is 0 Å². The molecular formula is C13H18N2O4. The quantitative estimate of drug-likeness (QED) is 0.902. The largest absolute Gasteiger partial charge is 0.480 e. The Morgan fingerprint density at radius 1 is 1.37 bits per heavy atom. The molecule has 104 valence electrons. The summed E-state index contributed by atoms with van der Waals surface area (Å²) in [4.78, 5) is 28.4. The number of carbonyl (C=O) groups is 2. The molecule has 1 aromatic rings. The number of hydrogen-bond donors (Lipinski definition) is 1. The summed E-state index contributed by atoms with van der Waals surface area (Å²) < 4.78 is 4.68. The first-order valence-corrected chi connectivity index (χ1v) is 5.90. The van der Waals surface area contributed by atoms with Crippen molar-refractivity contribution in [1.29, 1.82) is 0 Å². The maximum atomic E-state index is 11.9. The van der Waals surface area contributed by atoms with Gasteiger partial charge in [-0.2, -0.15) is 0 Å². The number of nitrogens with zero attached hydrogens (tertiary/aromatic N) is 2. The predicted molar refractivity (Wildman–Crippen MR) is 70.1 cm³/mol. The number of ether oxygens (including phenoxy) is 1. The molecule has 0 aliphatic heterocycles. The van der Waals surface area contributed by atoms with Crippen molar-refractivity contribution in [1.82, 2.24) is 4.98 Å². The zero-order chi connectivity index (χ0) is 14.6. The summed E-state index contributed by atoms with van der Waals surface area (Å²) in [7, 11) is 1.22. The highest BCUT2D eigenvalue weighted by atomic mass is 16.5. The van der Waals surface area contributed by atoms with Gasteiger partial charge in [-0.05, 0) is 24.5 Å². The van der Waals surface area contributed by atoms with Gasteiger partial charge in [-0.25, -0.2) is 9.59 Å². The summed E-state index contributed by atoms with van der Waals surface area (Å²) in [5.41, 5.74) is 1.24. The van der Waals surface area contributed by atoms with Crippen LogP contribution in [-0.2, 0) is 9.53 Å². The molecule has 6 nitrogen and oxygen atoms in total. The second kappa shape index (κ2) is 6.17. The molecule has 0 aliphatic rings. The lowest BCUT2D eigenvalue weighted by Crippen LogP contribution is -2.48. The maximum absolute atomic E-state index is 11.9. The van der Waals surface area contributed by atoms with Crippen molar-refractivity contribution in [2.75, 3.05) is 12.0 Å². The molecular weight excluding hydrogens is 248 g/mol. The number of carbonyl (C=O) groups excluding carboxylic acids is 1. The normalized spacial score (nSPS) is 12.1. The average molecular weight is 266 g/mol. The summed E-state index contributed by atoms with van der Waals surface area (Å²) in [5.74, 6) is -1.35. The predicted octanol–water partition coefficient (Wildman–Crippen LogP) is 2.07. The van der Waals surface area contributed by atoms with E-state index in [-0.39, 0.29) is 5.92 Å². The fourth-order valence-corrected chi connectivity index (χ4v) is 1.84. The number of carboxylic acids is 1. The van der Waals surface area contributed by atoms with Gasteiger partial charge in [-0.15, -0.1) is 0 Å². The van der Waals surface area contributed by atoms with Gasteiger partial charge in [0.25, 0.3) is 0 Å². The van der Waals surface area contributed by atoms with Gasteiger partial charge in [0.15, 0.2) is 0 Å². The van der Waals surface area contributed by atoms with E-state index in [1.54, 1.807) is 26.1 Å². The summed E-state index contributed by atoms with van der Waals surface area (Å²) in [5, 5.41) is 9.32. The SMILES string of the molecule is COC(=O)N(c1cncc(C)c1)[C@H](C(=O)O)C(C)C. The summed E-state index contributed by atoms with van der Waals surface area (Å²) in [6, 6.07) is 0.693. The fraction of sp³-hybridized carbons (Fsp3) is 0.462. The average Bonchev–Trinajstić information content (AvgIpc) is 2.33. The van der Waals surface area contributed by atoms with Crippen molar-refractivity contribution in [2.45, 2.75) is 26.8 Å². The smallest absolute Gasteiger partial charge is 0.414 e. The van der Waals surface area contributed by atoms with Crippen molar-refractivity contribution in [2.24, 2.45) is 5.92 Å². The molecule has 0 bridgehead atoms. The number of aliphatic carboxylic acids is 1. The van der Waals surface area contributed by atoms with Gasteiger partial charge in [0.05, 0.1) is 19.0 Å². The number of aryl methyl sites for hydroxylation is 1. The molecule has 6 heteroatoms. The van der Waals surface area contributed by atoms with E-state index >= 15 is 0 Å². The Kier molecular flexibility index (Phi) is 4.86. The van der Waals surface area contributed by atoms with Crippen LogP contribution >= 0.6 is 0 Å². The van der Waals surface area contributed by atoms with E-state index in [0.717, 1.165) is 10.5 Å². The Morgan fingerprint density at radius 2 is 2.00 bits per heavy atom. The van der Waals surface area contributed by atoms with Crippen LogP contribution in [0.2, 0.25) is 0 Å². The molecule has 0 saturated heterocycles. The molecule has 1 rings (SSSR count). The summed E-state index contributed by atoms with van der Waals surface area (Å²) in [6.07, 6.45) is 2.36. The van der Waals surface area contributed by atoms with E-state index in [2.05, 4.69) is 9.72 Å². The Bertz CT molecular complexity index is 473. The lowest BCUT2D eigenvalue weighted by atomic mass is 10.0. The van der Waals surface area contributed by atoms with Gasteiger partial charge >= 0.3 is 12.1 Å². The molecule has 0 saturated carbocycles. The molecule has 0 spiro atoms. The van der Waals surface area contributed by atoms with Crippen molar-refractivity contribution < 1.29 is 19.4 Å². The highest BCUT2D eigenvalue weighted by molar-refractivity contribution is 5.95. The third kappa shape index (κ3) is 3.43. The Morgan fingerprint density at radius 3 is 2.42 bits per heavy atom. The number of carboxylic acid groups (broad SMARTS) is 1. The second-order valence-corrected chi connectivity index (χ2v) is 4.59. The molecule has 0 unspecified atom stereocenters. The van der Waals surface area contributed by atoms with Gasteiger partial charge in [-0.1, -0.05) is 13.8 Å². The van der Waals surface area contributed by atoms with Crippen LogP contribution in [0.25, 0.3) is 0 Å². The zero-order valence-corrected chi connectivity index (χ0v) is 11.5. The Balaban J connectivity index is 3.28. The lowest BCUT2D eigenvalue weighted by molar-refractivity contribution is -0.139. The van der Waals surface area contributed by atoms with Gasteiger partial charge in [0.1, 0.15) is 6.04 Å². The van der Waals surface area contributed by atoms with Crippen LogP contribution in [0.1, 0.15) is 19.4 Å². The van der Waals surface area contributed by atoms with E-state index in [4.69, 9.17) is 0 Å². The molecule has 0 aromatic carbocycles. The minimum absolute atomic E-state index is 0.267. The molecule has 0 fully saturated rings. The first kappa shape index (κ1) is 14.9. The standard InChI is InChI=1S/C13H18N2O4/c1-8(2)11(12(16)17)15(13(18)19-4)10-5-9(3)6-14-7-10/h5-8,11H,1-4H3,(H,16,17)/t11-/m0/s1. The molecule has 1 aromatic heterocycles. The molecule has 0 radical (unpaired) electrons. The highest BCUT2D eigenvalue weighted by Gasteiger charge is 2.34. The monoisotopic (exact) mass is 266 g/mol. The first-order chi connectivity index (χ1) is 8.88. The van der Waals surface area contributed by atoms with Crippen LogP contribution in [0.5, 0.6) is 0 Å². The molecule has 1 N–H and O–H groups in total. The third-order valence-electron chi connectivity index (χ3n) is 2.67. The van der Waals surface area contributed by atoms with Gasteiger partial charge in [-0.3, -0.25) is 9.88 Å². The summed E-state index contributed by atoms with van der Waals surface area (Å²) in [6.45, 7) is 5.28. The van der Waals surface area contributed by atoms with E-state index < -0.39 is 18.1 Å². The van der Waals surface area contributed by atoms with Crippen LogP contribution in [0.15, 0.2) is 18.5 Å². The van der Waals surface area contributed by atoms with Crippen LogP contribution in [0.3, 0.4) is 0 Å². The minimum atomic E-state index is -1.08. The molecule has 1 atom stereocenters. The van der Waals surface area contributed by atoms with Crippen LogP contribution in [0, 0.1) is 12.8 Å². The Hall–Kier alpha value is -2.11. The van der Waals surface area contributed by atoms with Crippen molar-refractivity contribution in [3.63, 3.8) is 0 Å². The van der Waals surface area contributed by atoms with E-state index in [9.17, 15) is 14.7 Å². The number of hydrogen-bond acceptors (Lipinski definition) is 4. The molecule has 19 heavy (non-hydrogen) atoms. The number of rotatable bonds is 4. The number of amides is 1. The maximum Gasteiger partial charge on any atom is 0.414 e. The van der Waals surface area contributed by atoms with E-state index in [1.807, 2.05) is 6.92 Å². The molecule has 1 amide bonds. The van der Waals surface area contributed by atoms with Crippen LogP contribution < -0.4 is 4.90 Å². The Labute approximate surface area is 112 Å². The number of aromatic nitrogens is 1. The number of pyridine rings is 1. The topological polar surface area (TPSA) is 79.7 Å². The number of methoxy groups -OCH3 is 1. The number of anilines is 1. The minimum Gasteiger partial charge on any atom is -0.480 e. The molecule has 1 heterocycles. The van der Waals surface area contributed by atoms with E-state index in [1.165, 1.54) is 13.3 Å². The van der Waals surface area contributed by atoms with Crippen molar-refractivity contribution >= 4 is 17.7 Å². The van der Waals surface area contributed by atoms with Crippen molar-refractivity contribution in [3.05, 3.63) is 24.0 Å². The summed E-state index contributed by atoms with van der Waals surface area (Å²) >= 11 is 0. The van der Waals surface area contributed by atoms with Crippen LogP contribution in [-0.4, -0.2) is 35.3 Å². The van der Waals surface area contributed by atoms with Crippen LogP contribution in [0.4, 0.5) is 10.5 Å². The lowest BCUT2D eigenvalue weighted by Gasteiger charge is -2.30. The van der Waals surface area contributed by atoms with E-state index in [0.29, 0.717) is 5.69 Å². The zero-order valence-electron chi connectivity index (χ0n) is 11.5. The van der Waals surface area contributed by atoms with Gasteiger partial charge in [0, 0.05) is 6.20 Å². The third-order valence-corrected chi connectivity index (χ3v) is 2.67. The fourth-order valence-electron chi connectivity index (χ4n) is 1.84. The van der Waals surface area contributed by atoms with Crippen molar-refractivity contribution in [3.8, 4) is 0 Å². The highest BCUT2D eigenvalue weighted by Crippen LogP contribution is 2.22. The van der Waals surface area contributed by atoms with Gasteiger partial charge < -0.3 is 9.84 Å². The second-order valence-electron chi connectivity index (χ2n) is 4.59. The first-order valence-electron chi connectivity index (χ1n) is 5.90. The molecule has 0 aliphatic carbocycles.